The van der Waals surface area contributed by atoms with E-state index in [9.17, 15) is 0 Å². The molecule has 0 saturated carbocycles. The fourth-order valence-corrected chi connectivity index (χ4v) is 6.10. The summed E-state index contributed by atoms with van der Waals surface area (Å²) in [5.74, 6) is 1.54. The van der Waals surface area contributed by atoms with Crippen LogP contribution in [0.1, 0.15) is 30.6 Å². The van der Waals surface area contributed by atoms with E-state index < -0.39 is 0 Å². The van der Waals surface area contributed by atoms with Crippen molar-refractivity contribution in [2.24, 2.45) is 17.3 Å². The monoisotopic (exact) mass is 378 g/mol. The Labute approximate surface area is 162 Å². The molecule has 0 amide bonds. The number of hydrogen-bond acceptors (Lipinski definition) is 5. The predicted octanol–water partition coefficient (Wildman–Crippen LogP) is 3.34. The summed E-state index contributed by atoms with van der Waals surface area (Å²) >= 11 is 1.89. The third kappa shape index (κ3) is 4.33. The Balaban J connectivity index is 1.34. The average molecular weight is 379 g/mol. The maximum Gasteiger partial charge on any atom is 0.0508 e. The lowest BCUT2D eigenvalue weighted by Gasteiger charge is -2.42. The van der Waals surface area contributed by atoms with E-state index in [4.69, 9.17) is 9.47 Å². The molecule has 0 radical (unpaired) electrons. The molecule has 4 nitrogen and oxygen atoms in total. The highest BCUT2D eigenvalue weighted by molar-refractivity contribution is 7.09. The van der Waals surface area contributed by atoms with Gasteiger partial charge in [-0.2, -0.15) is 0 Å². The normalized spacial score (nSPS) is 28.1. The van der Waals surface area contributed by atoms with Crippen molar-refractivity contribution in [2.75, 3.05) is 59.7 Å². The van der Waals surface area contributed by atoms with Gasteiger partial charge in [0.15, 0.2) is 0 Å². The quantitative estimate of drug-likeness (QED) is 0.758. The first-order chi connectivity index (χ1) is 12.8. The molecule has 3 aliphatic heterocycles. The zero-order valence-electron chi connectivity index (χ0n) is 16.2. The minimum Gasteiger partial charge on any atom is -0.384 e. The van der Waals surface area contributed by atoms with Crippen LogP contribution in [-0.2, 0) is 16.0 Å². The fourth-order valence-electron chi connectivity index (χ4n) is 5.35. The first kappa shape index (κ1) is 18.9. The van der Waals surface area contributed by atoms with E-state index in [2.05, 4.69) is 27.3 Å². The molecule has 1 aromatic rings. The zero-order valence-corrected chi connectivity index (χ0v) is 17.0. The molecule has 5 heteroatoms. The summed E-state index contributed by atoms with van der Waals surface area (Å²) in [6.45, 7) is 10.2. The van der Waals surface area contributed by atoms with Gasteiger partial charge in [0.05, 0.1) is 6.61 Å². The summed E-state index contributed by atoms with van der Waals surface area (Å²) in [5, 5.41) is 2.19. The van der Waals surface area contributed by atoms with Crippen molar-refractivity contribution in [3.05, 3.63) is 22.4 Å². The molecule has 1 atom stereocenters. The van der Waals surface area contributed by atoms with E-state index in [0.717, 1.165) is 32.3 Å². The SMILES string of the molecule is COC[C@@H]1CN(CC2CCOCC2)CC12CCN(Cc1cccs1)CC2. The minimum atomic E-state index is 0.479. The van der Waals surface area contributed by atoms with Crippen molar-refractivity contribution in [2.45, 2.75) is 32.2 Å². The van der Waals surface area contributed by atoms with Crippen molar-refractivity contribution in [3.63, 3.8) is 0 Å². The number of likely N-dealkylation sites (tertiary alicyclic amines) is 2. The fraction of sp³-hybridized carbons (Fsp3) is 0.810. The van der Waals surface area contributed by atoms with Gasteiger partial charge in [-0.25, -0.2) is 0 Å². The van der Waals surface area contributed by atoms with Gasteiger partial charge in [0.25, 0.3) is 0 Å². The van der Waals surface area contributed by atoms with Gasteiger partial charge in [-0.15, -0.1) is 11.3 Å². The first-order valence-electron chi connectivity index (χ1n) is 10.3. The van der Waals surface area contributed by atoms with Crippen molar-refractivity contribution < 1.29 is 9.47 Å². The highest BCUT2D eigenvalue weighted by atomic mass is 32.1. The Morgan fingerprint density at radius 2 is 2.04 bits per heavy atom. The van der Waals surface area contributed by atoms with Crippen molar-refractivity contribution >= 4 is 11.3 Å². The maximum absolute atomic E-state index is 5.65. The van der Waals surface area contributed by atoms with E-state index in [1.54, 1.807) is 0 Å². The smallest absolute Gasteiger partial charge is 0.0508 e. The summed E-state index contributed by atoms with van der Waals surface area (Å²) < 4.78 is 11.2. The molecule has 3 fully saturated rings. The largest absolute Gasteiger partial charge is 0.384 e. The molecule has 3 saturated heterocycles. The molecule has 0 bridgehead atoms. The second-order valence-corrected chi connectivity index (χ2v) is 9.65. The van der Waals surface area contributed by atoms with Gasteiger partial charge in [-0.1, -0.05) is 6.07 Å². The lowest BCUT2D eigenvalue weighted by Crippen LogP contribution is -2.45. The number of ether oxygens (including phenoxy) is 2. The molecule has 0 aromatic carbocycles. The molecule has 26 heavy (non-hydrogen) atoms. The first-order valence-corrected chi connectivity index (χ1v) is 11.2. The number of thiophene rings is 1. The molecule has 4 rings (SSSR count). The molecular formula is C21H34N2O2S. The molecule has 146 valence electrons. The van der Waals surface area contributed by atoms with Gasteiger partial charge in [-0.3, -0.25) is 4.90 Å². The second kappa shape index (κ2) is 8.70. The number of piperidine rings is 1. The van der Waals surface area contributed by atoms with Crippen molar-refractivity contribution in [1.82, 2.24) is 9.80 Å². The van der Waals surface area contributed by atoms with Gasteiger partial charge in [-0.05, 0) is 61.6 Å². The summed E-state index contributed by atoms with van der Waals surface area (Å²) in [6.07, 6.45) is 5.15. The summed E-state index contributed by atoms with van der Waals surface area (Å²) in [4.78, 5) is 6.92. The average Bonchev–Trinajstić information content (AvgIpc) is 3.27. The van der Waals surface area contributed by atoms with Crippen molar-refractivity contribution in [3.8, 4) is 0 Å². The molecule has 1 aromatic heterocycles. The van der Waals surface area contributed by atoms with E-state index >= 15 is 0 Å². The molecule has 1 spiro atoms. The molecule has 0 unspecified atom stereocenters. The van der Waals surface area contributed by atoms with Gasteiger partial charge < -0.3 is 14.4 Å². The summed E-state index contributed by atoms with van der Waals surface area (Å²) in [6, 6.07) is 4.44. The third-order valence-electron chi connectivity index (χ3n) is 6.92. The summed E-state index contributed by atoms with van der Waals surface area (Å²) in [7, 11) is 1.88. The Bertz CT molecular complexity index is 536. The van der Waals surface area contributed by atoms with Gasteiger partial charge >= 0.3 is 0 Å². The molecule has 0 N–H and O–H groups in total. The second-order valence-electron chi connectivity index (χ2n) is 8.62. The zero-order chi connectivity index (χ0) is 17.8. The third-order valence-corrected chi connectivity index (χ3v) is 7.78. The highest BCUT2D eigenvalue weighted by Gasteiger charge is 2.48. The van der Waals surface area contributed by atoms with Crippen LogP contribution in [0.3, 0.4) is 0 Å². The lowest BCUT2D eigenvalue weighted by molar-refractivity contribution is 0.0338. The molecule has 3 aliphatic rings. The van der Waals surface area contributed by atoms with Crippen LogP contribution >= 0.6 is 11.3 Å². The van der Waals surface area contributed by atoms with Crippen LogP contribution in [0.15, 0.2) is 17.5 Å². The molecular weight excluding hydrogens is 344 g/mol. The Morgan fingerprint density at radius 3 is 2.73 bits per heavy atom. The van der Waals surface area contributed by atoms with E-state index in [0.29, 0.717) is 11.3 Å². The van der Waals surface area contributed by atoms with Crippen LogP contribution in [0.4, 0.5) is 0 Å². The molecule has 4 heterocycles. The van der Waals surface area contributed by atoms with Gasteiger partial charge in [0.1, 0.15) is 0 Å². The molecule has 0 aliphatic carbocycles. The Hall–Kier alpha value is -0.460. The predicted molar refractivity (Wildman–Crippen MR) is 107 cm³/mol. The Kier molecular flexibility index (Phi) is 6.32. The van der Waals surface area contributed by atoms with Crippen molar-refractivity contribution in [1.29, 1.82) is 0 Å². The van der Waals surface area contributed by atoms with Crippen LogP contribution in [0.2, 0.25) is 0 Å². The van der Waals surface area contributed by atoms with Gasteiger partial charge in [0, 0.05) is 57.3 Å². The van der Waals surface area contributed by atoms with Crippen LogP contribution in [0.5, 0.6) is 0 Å². The standard InChI is InChI=1S/C21H34N2O2S/c1-24-16-19-14-23(13-18-4-10-25-11-5-18)17-21(19)6-8-22(9-7-21)15-20-3-2-12-26-20/h2-3,12,18-19H,4-11,13-17H2,1H3/t19-/m0/s1. The highest BCUT2D eigenvalue weighted by Crippen LogP contribution is 2.45. The maximum atomic E-state index is 5.65. The minimum absolute atomic E-state index is 0.479. The van der Waals surface area contributed by atoms with E-state index in [1.807, 2.05) is 18.4 Å². The number of rotatable bonds is 6. The van der Waals surface area contributed by atoms with E-state index in [1.165, 1.54) is 63.3 Å². The summed E-state index contributed by atoms with van der Waals surface area (Å²) in [5.41, 5.74) is 0.479. The topological polar surface area (TPSA) is 24.9 Å². The van der Waals surface area contributed by atoms with E-state index in [-0.39, 0.29) is 0 Å². The van der Waals surface area contributed by atoms with Crippen LogP contribution in [0.25, 0.3) is 0 Å². The van der Waals surface area contributed by atoms with Crippen LogP contribution in [0, 0.1) is 17.3 Å². The Morgan fingerprint density at radius 1 is 1.23 bits per heavy atom. The van der Waals surface area contributed by atoms with Crippen LogP contribution in [-0.4, -0.2) is 69.5 Å². The lowest BCUT2D eigenvalue weighted by atomic mass is 9.71. The van der Waals surface area contributed by atoms with Gasteiger partial charge in [0.2, 0.25) is 0 Å². The number of hydrogen-bond donors (Lipinski definition) is 0. The number of methoxy groups -OCH3 is 1. The van der Waals surface area contributed by atoms with Crippen LogP contribution < -0.4 is 0 Å². The number of nitrogens with zero attached hydrogens (tertiary/aromatic N) is 2.